The summed E-state index contributed by atoms with van der Waals surface area (Å²) < 4.78 is 0. The van der Waals surface area contributed by atoms with Gasteiger partial charge >= 0.3 is 0 Å². The van der Waals surface area contributed by atoms with Crippen LogP contribution in [-0.4, -0.2) is 22.2 Å². The Labute approximate surface area is 306 Å². The molecule has 1 heterocycles. The Bertz CT molecular complexity index is 1950. The van der Waals surface area contributed by atoms with Gasteiger partial charge in [-0.2, -0.15) is 10.0 Å². The van der Waals surface area contributed by atoms with E-state index in [2.05, 4.69) is 168 Å². The molecular weight excluding hydrogens is 637 g/mol. The zero-order valence-electron chi connectivity index (χ0n) is 29.7. The maximum absolute atomic E-state index is 2.94. The molecule has 0 bridgehead atoms. The second kappa shape index (κ2) is 14.3. The molecule has 2 nitrogen and oxygen atoms in total. The van der Waals surface area contributed by atoms with E-state index in [0.717, 1.165) is 12.8 Å². The molecule has 0 amide bonds. The number of benzene rings is 4. The normalized spacial score (nSPS) is 24.7. The van der Waals surface area contributed by atoms with Gasteiger partial charge in [0.25, 0.3) is 0 Å². The van der Waals surface area contributed by atoms with Crippen LogP contribution in [0.15, 0.2) is 184 Å². The lowest BCUT2D eigenvalue weighted by Gasteiger charge is -2.52. The Morgan fingerprint density at radius 3 is 2.00 bits per heavy atom. The fourth-order valence-corrected chi connectivity index (χ4v) is 14.6. The molecule has 4 aromatic carbocycles. The van der Waals surface area contributed by atoms with E-state index in [1.165, 1.54) is 78.2 Å². The van der Waals surface area contributed by atoms with E-state index in [-0.39, 0.29) is 0 Å². The molecule has 4 atom stereocenters. The predicted molar refractivity (Wildman–Crippen MR) is 217 cm³/mol. The van der Waals surface area contributed by atoms with Gasteiger partial charge in [-0.05, 0) is 115 Å². The number of para-hydroxylation sites is 2. The molecule has 0 aromatic heterocycles. The molecule has 5 aliphatic rings. The third-order valence-electron chi connectivity index (χ3n) is 12.0. The lowest BCUT2D eigenvalue weighted by molar-refractivity contribution is 0.158. The van der Waals surface area contributed by atoms with Crippen molar-refractivity contribution < 1.29 is 0 Å². The van der Waals surface area contributed by atoms with E-state index in [1.54, 1.807) is 16.2 Å². The van der Waals surface area contributed by atoms with Crippen LogP contribution in [0.5, 0.6) is 0 Å². The van der Waals surface area contributed by atoms with Crippen molar-refractivity contribution in [2.75, 3.05) is 4.90 Å². The fourth-order valence-electron chi connectivity index (χ4n) is 9.88. The number of anilines is 3. The van der Waals surface area contributed by atoms with Crippen molar-refractivity contribution in [3.63, 3.8) is 0 Å². The SMILES string of the molecule is C1=CCCC(S(c2ccccc2)(c2cccc(N(c3ccccc3)c3ccccc3)c2)C2C=CC3C(C2)C2=C(CCC=C2)N3C2CCCCC2)=C1. The lowest BCUT2D eigenvalue weighted by atomic mass is 9.83. The van der Waals surface area contributed by atoms with Gasteiger partial charge in [-0.1, -0.05) is 122 Å². The molecular formula is C48H50N2S. The summed E-state index contributed by atoms with van der Waals surface area (Å²) in [7, 11) is -1.67. The molecule has 4 aromatic rings. The summed E-state index contributed by atoms with van der Waals surface area (Å²) in [6, 6.07) is 44.2. The quantitative estimate of drug-likeness (QED) is 0.170. The van der Waals surface area contributed by atoms with Gasteiger partial charge in [0.15, 0.2) is 0 Å². The molecule has 51 heavy (non-hydrogen) atoms. The summed E-state index contributed by atoms with van der Waals surface area (Å²) in [5.41, 5.74) is 6.90. The first-order valence-electron chi connectivity index (χ1n) is 19.4. The zero-order valence-corrected chi connectivity index (χ0v) is 30.5. The van der Waals surface area contributed by atoms with E-state index in [1.807, 2.05) is 0 Å². The smallest absolute Gasteiger partial charge is 0.0543 e. The van der Waals surface area contributed by atoms with Crippen LogP contribution in [0.1, 0.15) is 64.2 Å². The van der Waals surface area contributed by atoms with E-state index in [9.17, 15) is 0 Å². The molecule has 4 aliphatic carbocycles. The van der Waals surface area contributed by atoms with Crippen molar-refractivity contribution >= 4 is 27.1 Å². The van der Waals surface area contributed by atoms with Gasteiger partial charge in [0.2, 0.25) is 0 Å². The standard InChI is InChI=1S/C48H50N2S/c1-6-19-37(20-7-1)49(38-21-8-2-9-22-38)40-25-18-30-43(35-40)51(41-26-12-4-13-27-41,42-28-14-5-15-29-42)44-33-34-48-46(36-44)45-31-16-17-32-47(45)50(48)39-23-10-3-11-24-39/h1-2,4-9,12-14,16,18-22,25-28,30-31,33-35,39,44,46,48H,3,10-11,15,17,23-24,29,32,36H2. The number of hydrogen-bond donors (Lipinski definition) is 0. The maximum Gasteiger partial charge on any atom is 0.0543 e. The summed E-state index contributed by atoms with van der Waals surface area (Å²) in [4.78, 5) is 9.94. The molecule has 0 saturated heterocycles. The second-order valence-corrected chi connectivity index (χ2v) is 18.3. The van der Waals surface area contributed by atoms with Crippen LogP contribution in [-0.2, 0) is 0 Å². The van der Waals surface area contributed by atoms with E-state index in [4.69, 9.17) is 0 Å². The minimum atomic E-state index is -1.67. The number of nitrogens with zero attached hydrogens (tertiary/aromatic N) is 2. The zero-order chi connectivity index (χ0) is 34.0. The van der Waals surface area contributed by atoms with Crippen LogP contribution >= 0.6 is 10.0 Å². The summed E-state index contributed by atoms with van der Waals surface area (Å²) in [5, 5.41) is 0.395. The lowest BCUT2D eigenvalue weighted by Crippen LogP contribution is -2.44. The molecule has 0 radical (unpaired) electrons. The Hall–Kier alpha value is -4.47. The topological polar surface area (TPSA) is 6.48 Å². The van der Waals surface area contributed by atoms with Gasteiger partial charge in [0.1, 0.15) is 0 Å². The molecule has 1 fully saturated rings. The van der Waals surface area contributed by atoms with Crippen LogP contribution in [0.25, 0.3) is 0 Å². The third kappa shape index (κ3) is 5.84. The van der Waals surface area contributed by atoms with Gasteiger partial charge < -0.3 is 9.80 Å². The molecule has 9 rings (SSSR count). The number of rotatable bonds is 8. The van der Waals surface area contributed by atoms with Gasteiger partial charge in [-0.15, -0.1) is 0 Å². The van der Waals surface area contributed by atoms with Crippen molar-refractivity contribution in [1.29, 1.82) is 0 Å². The first-order valence-corrected chi connectivity index (χ1v) is 21.1. The molecule has 1 saturated carbocycles. The first-order chi connectivity index (χ1) is 25.3. The third-order valence-corrected chi connectivity index (χ3v) is 16.5. The summed E-state index contributed by atoms with van der Waals surface area (Å²) in [6.07, 6.45) is 30.2. The Kier molecular flexibility index (Phi) is 9.08. The van der Waals surface area contributed by atoms with Crippen molar-refractivity contribution in [3.05, 3.63) is 174 Å². The van der Waals surface area contributed by atoms with Crippen molar-refractivity contribution in [2.45, 2.75) is 91.3 Å². The summed E-state index contributed by atoms with van der Waals surface area (Å²) in [5.74, 6) is 0.539. The van der Waals surface area contributed by atoms with Gasteiger partial charge in [-0.3, -0.25) is 0 Å². The van der Waals surface area contributed by atoms with Crippen molar-refractivity contribution in [3.8, 4) is 0 Å². The fraction of sp³-hybridized carbons (Fsp3) is 0.292. The van der Waals surface area contributed by atoms with Gasteiger partial charge in [0, 0.05) is 44.9 Å². The van der Waals surface area contributed by atoms with E-state index >= 15 is 0 Å². The van der Waals surface area contributed by atoms with Crippen LogP contribution in [0.3, 0.4) is 0 Å². The highest BCUT2D eigenvalue weighted by molar-refractivity contribution is 8.37. The second-order valence-electron chi connectivity index (χ2n) is 14.9. The molecule has 0 spiro atoms. The Morgan fingerprint density at radius 2 is 1.29 bits per heavy atom. The minimum Gasteiger partial charge on any atom is -0.365 e. The van der Waals surface area contributed by atoms with Gasteiger partial charge in [0.05, 0.1) is 6.04 Å². The van der Waals surface area contributed by atoms with E-state index in [0.29, 0.717) is 23.3 Å². The van der Waals surface area contributed by atoms with Crippen LogP contribution in [0.4, 0.5) is 17.1 Å². The van der Waals surface area contributed by atoms with Crippen LogP contribution in [0.2, 0.25) is 0 Å². The summed E-state index contributed by atoms with van der Waals surface area (Å²) >= 11 is 0. The highest BCUT2D eigenvalue weighted by Crippen LogP contribution is 2.75. The monoisotopic (exact) mass is 686 g/mol. The molecule has 3 heteroatoms. The average molecular weight is 687 g/mol. The van der Waals surface area contributed by atoms with Crippen molar-refractivity contribution in [1.82, 2.24) is 4.90 Å². The molecule has 1 aliphatic heterocycles. The average Bonchev–Trinajstić information content (AvgIpc) is 3.54. The predicted octanol–water partition coefficient (Wildman–Crippen LogP) is 13.2. The summed E-state index contributed by atoms with van der Waals surface area (Å²) in [6.45, 7) is 0. The van der Waals surface area contributed by atoms with Crippen molar-refractivity contribution in [2.24, 2.45) is 5.92 Å². The minimum absolute atomic E-state index is 0.395. The highest BCUT2D eigenvalue weighted by atomic mass is 32.3. The highest BCUT2D eigenvalue weighted by Gasteiger charge is 2.48. The Morgan fingerprint density at radius 1 is 0.627 bits per heavy atom. The first kappa shape index (κ1) is 32.4. The number of fused-ring (bicyclic) bond motifs is 2. The van der Waals surface area contributed by atoms with Crippen LogP contribution in [0, 0.1) is 5.92 Å². The Balaban J connectivity index is 1.22. The molecule has 258 valence electrons. The maximum atomic E-state index is 2.94. The molecule has 4 unspecified atom stereocenters. The molecule has 0 N–H and O–H groups in total. The van der Waals surface area contributed by atoms with Crippen LogP contribution < -0.4 is 4.90 Å². The largest absolute Gasteiger partial charge is 0.365 e. The van der Waals surface area contributed by atoms with Gasteiger partial charge in [-0.25, -0.2) is 0 Å². The number of hydrogen-bond acceptors (Lipinski definition) is 2. The number of allylic oxidation sites excluding steroid dienone is 7. The van der Waals surface area contributed by atoms with E-state index < -0.39 is 10.0 Å².